The van der Waals surface area contributed by atoms with E-state index in [0.29, 0.717) is 17.6 Å². The molecule has 64 valence electrons. The van der Waals surface area contributed by atoms with E-state index in [1.54, 1.807) is 0 Å². The van der Waals surface area contributed by atoms with Crippen LogP contribution in [0.2, 0.25) is 0 Å². The van der Waals surface area contributed by atoms with Crippen molar-refractivity contribution in [3.05, 3.63) is 17.7 Å². The molecular weight excluding hydrogens is 152 g/mol. The highest BCUT2D eigenvalue weighted by Gasteiger charge is 2.19. The van der Waals surface area contributed by atoms with Crippen LogP contribution in [-0.4, -0.2) is 18.1 Å². The van der Waals surface area contributed by atoms with Crippen molar-refractivity contribution in [3.63, 3.8) is 0 Å². The summed E-state index contributed by atoms with van der Waals surface area (Å²) in [6.07, 6.45) is 0. The molecule has 4 heteroatoms. The van der Waals surface area contributed by atoms with Gasteiger partial charge in [0, 0.05) is 19.0 Å². The average molecular weight is 164 g/mol. The second-order valence-electron chi connectivity index (χ2n) is 3.11. The van der Waals surface area contributed by atoms with Gasteiger partial charge in [0.2, 0.25) is 0 Å². The largest absolute Gasteiger partial charge is 0.384 e. The molecule has 0 unspecified atom stereocenters. The Hall–Kier alpha value is -1.29. The molecule has 12 heavy (non-hydrogen) atoms. The second kappa shape index (κ2) is 2.64. The molecular formula is C8H12N4. The lowest BCUT2D eigenvalue weighted by Crippen LogP contribution is -2.39. The van der Waals surface area contributed by atoms with Crippen LogP contribution in [0.5, 0.6) is 0 Å². The highest BCUT2D eigenvalue weighted by atomic mass is 15.0. The minimum atomic E-state index is 0.511. The molecule has 0 aliphatic carbocycles. The molecule has 0 spiro atoms. The molecule has 1 aromatic heterocycles. The molecule has 0 bridgehead atoms. The van der Waals surface area contributed by atoms with Crippen molar-refractivity contribution in [3.8, 4) is 0 Å². The first-order valence-electron chi connectivity index (χ1n) is 3.99. The average Bonchev–Trinajstić information content (AvgIpc) is 1.79. The van der Waals surface area contributed by atoms with Crippen molar-refractivity contribution >= 4 is 11.6 Å². The molecule has 1 aromatic rings. The Balaban J connectivity index is 2.30. The summed E-state index contributed by atoms with van der Waals surface area (Å²) >= 11 is 0. The van der Waals surface area contributed by atoms with Gasteiger partial charge in [0.25, 0.3) is 0 Å². The van der Waals surface area contributed by atoms with E-state index < -0.39 is 0 Å². The fraction of sp³-hybridized carbons (Fsp3) is 0.375. The Morgan fingerprint density at radius 1 is 1.25 bits per heavy atom. The fourth-order valence-electron chi connectivity index (χ4n) is 1.36. The molecule has 0 amide bonds. The van der Waals surface area contributed by atoms with Crippen LogP contribution in [0.4, 0.5) is 11.6 Å². The van der Waals surface area contributed by atoms with E-state index in [0.717, 1.165) is 13.1 Å². The number of nitrogen functional groups attached to an aromatic ring is 2. The number of nitrogens with one attached hydrogen (secondary N) is 1. The standard InChI is InChI=1S/C8H12N4/c9-7-1-5(2-8(10)12-7)6-3-11-4-6/h1-2,6,11H,3-4H2,(H4,9,10,12). The topological polar surface area (TPSA) is 77.0 Å². The molecule has 5 N–H and O–H groups in total. The first kappa shape index (κ1) is 7.36. The first-order valence-corrected chi connectivity index (χ1v) is 3.99. The summed E-state index contributed by atoms with van der Waals surface area (Å²) < 4.78 is 0. The fourth-order valence-corrected chi connectivity index (χ4v) is 1.36. The summed E-state index contributed by atoms with van der Waals surface area (Å²) in [5, 5.41) is 3.20. The third-order valence-corrected chi connectivity index (χ3v) is 2.14. The predicted octanol–water partition coefficient (Wildman–Crippen LogP) is -0.0672. The van der Waals surface area contributed by atoms with Gasteiger partial charge in [-0.05, 0) is 17.7 Å². The summed E-state index contributed by atoms with van der Waals surface area (Å²) in [6, 6.07) is 3.78. The number of hydrogen-bond donors (Lipinski definition) is 3. The van der Waals surface area contributed by atoms with Crippen molar-refractivity contribution in [2.45, 2.75) is 5.92 Å². The molecule has 1 saturated heterocycles. The van der Waals surface area contributed by atoms with Crippen molar-refractivity contribution in [1.29, 1.82) is 0 Å². The van der Waals surface area contributed by atoms with Gasteiger partial charge in [0.05, 0.1) is 0 Å². The SMILES string of the molecule is Nc1cc(C2CNC2)cc(N)n1. The van der Waals surface area contributed by atoms with Gasteiger partial charge in [-0.15, -0.1) is 0 Å². The lowest BCUT2D eigenvalue weighted by molar-refractivity contribution is 0.448. The second-order valence-corrected chi connectivity index (χ2v) is 3.11. The van der Waals surface area contributed by atoms with Gasteiger partial charge < -0.3 is 16.8 Å². The van der Waals surface area contributed by atoms with E-state index in [1.165, 1.54) is 5.56 Å². The van der Waals surface area contributed by atoms with E-state index in [-0.39, 0.29) is 0 Å². The summed E-state index contributed by atoms with van der Waals surface area (Å²) in [5.41, 5.74) is 12.3. The van der Waals surface area contributed by atoms with Crippen LogP contribution in [0.15, 0.2) is 12.1 Å². The molecule has 4 nitrogen and oxygen atoms in total. The van der Waals surface area contributed by atoms with Crippen LogP contribution in [0.1, 0.15) is 11.5 Å². The van der Waals surface area contributed by atoms with E-state index in [1.807, 2.05) is 12.1 Å². The normalized spacial score (nSPS) is 17.3. The molecule has 0 saturated carbocycles. The molecule has 1 aliphatic heterocycles. The van der Waals surface area contributed by atoms with Crippen LogP contribution in [0, 0.1) is 0 Å². The Morgan fingerprint density at radius 2 is 1.83 bits per heavy atom. The monoisotopic (exact) mass is 164 g/mol. The van der Waals surface area contributed by atoms with Crippen LogP contribution in [-0.2, 0) is 0 Å². The number of aromatic nitrogens is 1. The molecule has 0 aromatic carbocycles. The Morgan fingerprint density at radius 3 is 2.25 bits per heavy atom. The van der Waals surface area contributed by atoms with Gasteiger partial charge >= 0.3 is 0 Å². The molecule has 1 fully saturated rings. The smallest absolute Gasteiger partial charge is 0.126 e. The summed E-state index contributed by atoms with van der Waals surface area (Å²) in [7, 11) is 0. The Kier molecular flexibility index (Phi) is 1.62. The predicted molar refractivity (Wildman–Crippen MR) is 48.7 cm³/mol. The quantitative estimate of drug-likeness (QED) is 0.543. The van der Waals surface area contributed by atoms with Crippen LogP contribution >= 0.6 is 0 Å². The number of rotatable bonds is 1. The molecule has 1 aliphatic rings. The maximum Gasteiger partial charge on any atom is 0.126 e. The number of nitrogens with two attached hydrogens (primary N) is 2. The van der Waals surface area contributed by atoms with Gasteiger partial charge in [-0.2, -0.15) is 0 Å². The number of pyridine rings is 1. The van der Waals surface area contributed by atoms with Crippen LogP contribution < -0.4 is 16.8 Å². The zero-order valence-corrected chi connectivity index (χ0v) is 6.75. The maximum absolute atomic E-state index is 5.56. The zero-order valence-electron chi connectivity index (χ0n) is 6.75. The molecule has 2 rings (SSSR count). The maximum atomic E-state index is 5.56. The number of anilines is 2. The Labute approximate surface area is 71.0 Å². The van der Waals surface area contributed by atoms with Gasteiger partial charge in [-0.25, -0.2) is 4.98 Å². The van der Waals surface area contributed by atoms with Crippen molar-refractivity contribution < 1.29 is 0 Å². The molecule has 0 atom stereocenters. The first-order chi connectivity index (χ1) is 5.75. The van der Waals surface area contributed by atoms with E-state index in [2.05, 4.69) is 10.3 Å². The van der Waals surface area contributed by atoms with Crippen molar-refractivity contribution in [1.82, 2.24) is 10.3 Å². The number of hydrogen-bond acceptors (Lipinski definition) is 4. The third-order valence-electron chi connectivity index (χ3n) is 2.14. The van der Waals surface area contributed by atoms with Crippen molar-refractivity contribution in [2.24, 2.45) is 0 Å². The van der Waals surface area contributed by atoms with Crippen molar-refractivity contribution in [2.75, 3.05) is 24.6 Å². The van der Waals surface area contributed by atoms with Gasteiger partial charge in [-0.3, -0.25) is 0 Å². The summed E-state index contributed by atoms with van der Waals surface area (Å²) in [6.45, 7) is 2.03. The van der Waals surface area contributed by atoms with E-state index >= 15 is 0 Å². The highest BCUT2D eigenvalue weighted by molar-refractivity contribution is 5.45. The molecule has 2 heterocycles. The highest BCUT2D eigenvalue weighted by Crippen LogP contribution is 2.22. The van der Waals surface area contributed by atoms with Gasteiger partial charge in [-0.1, -0.05) is 0 Å². The van der Waals surface area contributed by atoms with Gasteiger partial charge in [0.15, 0.2) is 0 Å². The van der Waals surface area contributed by atoms with E-state index in [4.69, 9.17) is 11.5 Å². The van der Waals surface area contributed by atoms with Crippen LogP contribution in [0.3, 0.4) is 0 Å². The van der Waals surface area contributed by atoms with Crippen LogP contribution in [0.25, 0.3) is 0 Å². The Bertz CT molecular complexity index is 273. The van der Waals surface area contributed by atoms with Gasteiger partial charge in [0.1, 0.15) is 11.6 Å². The number of nitrogens with zero attached hydrogens (tertiary/aromatic N) is 1. The summed E-state index contributed by atoms with van der Waals surface area (Å²) in [4.78, 5) is 3.91. The molecule has 0 radical (unpaired) electrons. The third kappa shape index (κ3) is 1.21. The minimum absolute atomic E-state index is 0.511. The summed E-state index contributed by atoms with van der Waals surface area (Å²) in [5.74, 6) is 1.59. The van der Waals surface area contributed by atoms with E-state index in [9.17, 15) is 0 Å². The zero-order chi connectivity index (χ0) is 8.55. The lowest BCUT2D eigenvalue weighted by atomic mass is 9.94. The lowest BCUT2D eigenvalue weighted by Gasteiger charge is -2.27. The minimum Gasteiger partial charge on any atom is -0.384 e.